The standard InChI is InChI=1S/C15H11F2IN4S/c1-7-6-8(18)2-5-11(7)19-13-9(3-4-10(16)12(13)17)14-20-15(23)22-21-14/h2-6,19H,1H3,(H2,20,21,22,23). The fourth-order valence-electron chi connectivity index (χ4n) is 2.15. The van der Waals surface area contributed by atoms with Crippen LogP contribution in [0.1, 0.15) is 5.56 Å². The summed E-state index contributed by atoms with van der Waals surface area (Å²) in [6.07, 6.45) is 0. The minimum atomic E-state index is -0.974. The first-order chi connectivity index (χ1) is 11.0. The van der Waals surface area contributed by atoms with Gasteiger partial charge in [-0.25, -0.2) is 8.78 Å². The maximum absolute atomic E-state index is 14.3. The van der Waals surface area contributed by atoms with E-state index < -0.39 is 11.6 Å². The van der Waals surface area contributed by atoms with Crippen LogP contribution in [0.5, 0.6) is 0 Å². The number of halogens is 3. The molecule has 8 heteroatoms. The zero-order valence-corrected chi connectivity index (χ0v) is 14.9. The Morgan fingerprint density at radius 1 is 1.17 bits per heavy atom. The maximum atomic E-state index is 14.3. The molecule has 0 radical (unpaired) electrons. The van der Waals surface area contributed by atoms with Crippen molar-refractivity contribution in [2.45, 2.75) is 12.1 Å². The lowest BCUT2D eigenvalue weighted by Crippen LogP contribution is -2.01. The summed E-state index contributed by atoms with van der Waals surface area (Å²) in [7, 11) is 0. The SMILES string of the molecule is Cc1cc(I)ccc1Nc1c(-c2nnc(S)[nH]2)ccc(F)c1F. The van der Waals surface area contributed by atoms with Crippen molar-refractivity contribution >= 4 is 46.6 Å². The van der Waals surface area contributed by atoms with E-state index in [9.17, 15) is 8.78 Å². The van der Waals surface area contributed by atoms with E-state index in [0.29, 0.717) is 22.2 Å². The molecule has 0 aliphatic carbocycles. The minimum absolute atomic E-state index is 0.00112. The van der Waals surface area contributed by atoms with Crippen molar-refractivity contribution in [2.75, 3.05) is 5.32 Å². The number of rotatable bonds is 3. The number of thiol groups is 1. The minimum Gasteiger partial charge on any atom is -0.352 e. The summed E-state index contributed by atoms with van der Waals surface area (Å²) in [5, 5.41) is 10.9. The van der Waals surface area contributed by atoms with Crippen LogP contribution in [0.25, 0.3) is 11.4 Å². The monoisotopic (exact) mass is 444 g/mol. The van der Waals surface area contributed by atoms with Crippen molar-refractivity contribution in [2.24, 2.45) is 0 Å². The third-order valence-corrected chi connectivity index (χ3v) is 4.15. The van der Waals surface area contributed by atoms with Gasteiger partial charge in [0.25, 0.3) is 0 Å². The molecule has 0 saturated carbocycles. The number of aromatic nitrogens is 3. The normalized spacial score (nSPS) is 10.8. The number of anilines is 2. The van der Waals surface area contributed by atoms with Gasteiger partial charge in [-0.1, -0.05) is 0 Å². The van der Waals surface area contributed by atoms with Crippen molar-refractivity contribution in [3.05, 3.63) is 51.1 Å². The van der Waals surface area contributed by atoms with Crippen molar-refractivity contribution in [3.63, 3.8) is 0 Å². The predicted molar refractivity (Wildman–Crippen MR) is 96.2 cm³/mol. The molecule has 3 rings (SSSR count). The van der Waals surface area contributed by atoms with E-state index in [4.69, 9.17) is 0 Å². The Bertz CT molecular complexity index is 882. The van der Waals surface area contributed by atoms with Crippen LogP contribution in [0, 0.1) is 22.1 Å². The molecule has 0 spiro atoms. The first kappa shape index (κ1) is 16.2. The number of benzene rings is 2. The molecule has 0 unspecified atom stereocenters. The summed E-state index contributed by atoms with van der Waals surface area (Å²) in [6, 6.07) is 8.14. The highest BCUT2D eigenvalue weighted by Crippen LogP contribution is 2.33. The van der Waals surface area contributed by atoms with Crippen molar-refractivity contribution in [3.8, 4) is 11.4 Å². The molecular weight excluding hydrogens is 433 g/mol. The lowest BCUT2D eigenvalue weighted by Gasteiger charge is -2.14. The Balaban J connectivity index is 2.11. The molecular formula is C15H11F2IN4S. The van der Waals surface area contributed by atoms with Gasteiger partial charge in [-0.3, -0.25) is 0 Å². The molecule has 2 N–H and O–H groups in total. The second-order valence-electron chi connectivity index (χ2n) is 4.87. The first-order valence-electron chi connectivity index (χ1n) is 6.59. The van der Waals surface area contributed by atoms with Crippen molar-refractivity contribution in [1.29, 1.82) is 0 Å². The van der Waals surface area contributed by atoms with Gasteiger partial charge in [-0.15, -0.1) is 22.8 Å². The highest BCUT2D eigenvalue weighted by atomic mass is 127. The predicted octanol–water partition coefficient (Wildman–Crippen LogP) is 4.70. The van der Waals surface area contributed by atoms with Crippen LogP contribution in [-0.2, 0) is 0 Å². The Morgan fingerprint density at radius 3 is 2.61 bits per heavy atom. The highest BCUT2D eigenvalue weighted by Gasteiger charge is 2.18. The summed E-state index contributed by atoms with van der Waals surface area (Å²) < 4.78 is 29.1. The van der Waals surface area contributed by atoms with Crippen LogP contribution < -0.4 is 5.32 Å². The number of aryl methyl sites for hydroxylation is 1. The van der Waals surface area contributed by atoms with Gasteiger partial charge in [0.2, 0.25) is 0 Å². The van der Waals surface area contributed by atoms with Crippen LogP contribution in [0.2, 0.25) is 0 Å². The van der Waals surface area contributed by atoms with Crippen LogP contribution in [0.3, 0.4) is 0 Å². The van der Waals surface area contributed by atoms with Crippen LogP contribution in [-0.4, -0.2) is 15.2 Å². The van der Waals surface area contributed by atoms with E-state index in [1.807, 2.05) is 25.1 Å². The Hall–Kier alpha value is -1.68. The lowest BCUT2D eigenvalue weighted by molar-refractivity contribution is 0.512. The van der Waals surface area contributed by atoms with Gasteiger partial charge in [0.15, 0.2) is 22.6 Å². The van der Waals surface area contributed by atoms with Crippen molar-refractivity contribution < 1.29 is 8.78 Å². The molecule has 0 atom stereocenters. The van der Waals surface area contributed by atoms with E-state index >= 15 is 0 Å². The van der Waals surface area contributed by atoms with E-state index in [1.165, 1.54) is 6.07 Å². The summed E-state index contributed by atoms with van der Waals surface area (Å²) in [5.74, 6) is -1.61. The number of hydrogen-bond acceptors (Lipinski definition) is 4. The summed E-state index contributed by atoms with van der Waals surface area (Å²) >= 11 is 6.23. The summed E-state index contributed by atoms with van der Waals surface area (Å²) in [6.45, 7) is 1.89. The van der Waals surface area contributed by atoms with Gasteiger partial charge < -0.3 is 10.3 Å². The summed E-state index contributed by atoms with van der Waals surface area (Å²) in [4.78, 5) is 2.80. The molecule has 0 saturated heterocycles. The average Bonchev–Trinajstić information content (AvgIpc) is 2.93. The molecule has 2 aromatic carbocycles. The molecule has 0 amide bonds. The summed E-state index contributed by atoms with van der Waals surface area (Å²) in [5.41, 5.74) is 1.97. The van der Waals surface area contributed by atoms with Gasteiger partial charge in [0.1, 0.15) is 0 Å². The van der Waals surface area contributed by atoms with E-state index in [2.05, 4.69) is 55.7 Å². The van der Waals surface area contributed by atoms with Crippen LogP contribution >= 0.6 is 35.2 Å². The van der Waals surface area contributed by atoms with Gasteiger partial charge in [-0.05, 0) is 65.4 Å². The molecule has 23 heavy (non-hydrogen) atoms. The molecule has 1 aromatic heterocycles. The Morgan fingerprint density at radius 2 is 1.96 bits per heavy atom. The lowest BCUT2D eigenvalue weighted by atomic mass is 10.1. The largest absolute Gasteiger partial charge is 0.352 e. The van der Waals surface area contributed by atoms with Gasteiger partial charge >= 0.3 is 0 Å². The van der Waals surface area contributed by atoms with Crippen molar-refractivity contribution in [1.82, 2.24) is 15.2 Å². The molecule has 0 aliphatic heterocycles. The number of aromatic amines is 1. The van der Waals surface area contributed by atoms with Crippen LogP contribution in [0.15, 0.2) is 35.5 Å². The topological polar surface area (TPSA) is 53.6 Å². The number of nitrogens with one attached hydrogen (secondary N) is 2. The van der Waals surface area contributed by atoms with Gasteiger partial charge in [-0.2, -0.15) is 0 Å². The van der Waals surface area contributed by atoms with Gasteiger partial charge in [0.05, 0.1) is 5.69 Å². The number of hydrogen-bond donors (Lipinski definition) is 3. The Kier molecular flexibility index (Phi) is 4.53. The fraction of sp³-hybridized carbons (Fsp3) is 0.0667. The van der Waals surface area contributed by atoms with Crippen LogP contribution in [0.4, 0.5) is 20.2 Å². The smallest absolute Gasteiger partial charge is 0.185 e. The average molecular weight is 444 g/mol. The third kappa shape index (κ3) is 3.32. The molecule has 118 valence electrons. The van der Waals surface area contributed by atoms with E-state index in [0.717, 1.165) is 15.2 Å². The second kappa shape index (κ2) is 6.44. The Labute approximate surface area is 150 Å². The fourth-order valence-corrected chi connectivity index (χ4v) is 2.94. The maximum Gasteiger partial charge on any atom is 0.185 e. The zero-order valence-electron chi connectivity index (χ0n) is 11.9. The molecule has 0 fully saturated rings. The first-order valence-corrected chi connectivity index (χ1v) is 8.11. The third-order valence-electron chi connectivity index (χ3n) is 3.27. The zero-order chi connectivity index (χ0) is 16.6. The highest BCUT2D eigenvalue weighted by molar-refractivity contribution is 14.1. The molecule has 4 nitrogen and oxygen atoms in total. The molecule has 3 aromatic rings. The molecule has 1 heterocycles. The quantitative estimate of drug-likeness (QED) is 0.406. The van der Waals surface area contributed by atoms with Gasteiger partial charge in [0, 0.05) is 14.8 Å². The number of H-pyrrole nitrogens is 1. The van der Waals surface area contributed by atoms with E-state index in [-0.39, 0.29) is 5.69 Å². The van der Waals surface area contributed by atoms with E-state index in [1.54, 1.807) is 0 Å². The number of nitrogens with zero attached hydrogens (tertiary/aromatic N) is 2. The molecule has 0 aliphatic rings. The molecule has 0 bridgehead atoms. The second-order valence-corrected chi connectivity index (χ2v) is 6.53.